The maximum Gasteiger partial charge on any atom is 0.368 e. The zero-order valence-corrected chi connectivity index (χ0v) is 30.7. The van der Waals surface area contributed by atoms with Gasteiger partial charge in [-0.15, -0.1) is 0 Å². The number of urea groups is 1. The fourth-order valence-corrected chi connectivity index (χ4v) is 6.42. The van der Waals surface area contributed by atoms with Gasteiger partial charge in [-0.05, 0) is 40.3 Å². The van der Waals surface area contributed by atoms with Gasteiger partial charge >= 0.3 is 11.9 Å². The van der Waals surface area contributed by atoms with Crippen molar-refractivity contribution in [1.82, 2.24) is 9.97 Å². The van der Waals surface area contributed by atoms with E-state index in [0.717, 1.165) is 11.0 Å². The largest absolute Gasteiger partial charge is 0.493 e. The van der Waals surface area contributed by atoms with Gasteiger partial charge in [0.25, 0.3) is 0 Å². The Morgan fingerprint density at radius 3 is 2.44 bits per heavy atom. The zero-order valence-electron chi connectivity index (χ0n) is 30.7. The summed E-state index contributed by atoms with van der Waals surface area (Å²) in [6.45, 7) is 0.547. The molecule has 6 rings (SSSR count). The highest BCUT2D eigenvalue weighted by atomic mass is 19.1. The van der Waals surface area contributed by atoms with E-state index in [1.807, 2.05) is 44.4 Å². The van der Waals surface area contributed by atoms with Crippen molar-refractivity contribution in [2.75, 3.05) is 56.5 Å². The van der Waals surface area contributed by atoms with Gasteiger partial charge in [-0.1, -0.05) is 47.5 Å². The van der Waals surface area contributed by atoms with Gasteiger partial charge in [-0.25, -0.2) is 18.6 Å². The number of carbonyl (C=O) groups excluding carboxylic acids is 2. The minimum atomic E-state index is -1.08. The Morgan fingerprint density at radius 2 is 1.75 bits per heavy atom. The molecule has 284 valence electrons. The molecule has 0 spiro atoms. The first-order chi connectivity index (χ1) is 26.4. The average Bonchev–Trinajstić information content (AvgIpc) is 3.62. The number of rotatable bonds is 15. The van der Waals surface area contributed by atoms with Crippen LogP contribution in [0.15, 0.2) is 95.4 Å². The Bertz CT molecular complexity index is 2200. The van der Waals surface area contributed by atoms with Gasteiger partial charge in [0.1, 0.15) is 24.3 Å². The molecule has 1 aromatic heterocycles. The standard InChI is InChI=1S/C39H39F2N8O6/c1-49(2,24-27-15-16-42-36(27)48(52)53)17-9-14-30(50)19-25-10-8-11-26(18-25)22-47-37-28(21-43-38(45-37)44-29-12-6-5-7-13-29)23-46(39(47)51)35-33(40)31(54-3)20-32(55-4)34(35)41/h5-14,16,18,20-21H,15,17,19,22-24H2,1-4H3,(H,43,44,45)/q+1/b14-9+. The van der Waals surface area contributed by atoms with E-state index in [1.54, 1.807) is 30.3 Å². The SMILES string of the molecule is COc1cc(OC)c(F)c(N2Cc3cnc(Nc4ccccc4)nc3N(Cc3cccc(CC(=O)/C=C/C[N+](C)(C)CC4=C([N+](=O)[O-])N=CC4)c3)C2=O)c1F. The van der Waals surface area contributed by atoms with Crippen LogP contribution in [0.1, 0.15) is 23.1 Å². The second kappa shape index (κ2) is 16.2. The van der Waals surface area contributed by atoms with Crippen molar-refractivity contribution in [1.29, 1.82) is 0 Å². The molecule has 0 aliphatic carbocycles. The molecule has 2 amide bonds. The van der Waals surface area contributed by atoms with E-state index in [1.165, 1.54) is 37.6 Å². The summed E-state index contributed by atoms with van der Waals surface area (Å²) >= 11 is 0. The van der Waals surface area contributed by atoms with Crippen molar-refractivity contribution >= 4 is 41.2 Å². The molecule has 0 radical (unpaired) electrons. The van der Waals surface area contributed by atoms with Gasteiger partial charge in [0, 0.05) is 36.4 Å². The lowest BCUT2D eigenvalue weighted by Crippen LogP contribution is -2.48. The van der Waals surface area contributed by atoms with Gasteiger partial charge in [-0.2, -0.15) is 4.98 Å². The third kappa shape index (κ3) is 8.65. The molecule has 3 aromatic carbocycles. The van der Waals surface area contributed by atoms with E-state index in [4.69, 9.17) is 9.47 Å². The van der Waals surface area contributed by atoms with Crippen molar-refractivity contribution in [2.24, 2.45) is 4.99 Å². The summed E-state index contributed by atoms with van der Waals surface area (Å²) in [7, 11) is 6.29. The molecular weight excluding hydrogens is 714 g/mol. The van der Waals surface area contributed by atoms with E-state index in [0.29, 0.717) is 51.9 Å². The van der Waals surface area contributed by atoms with Crippen LogP contribution in [0.5, 0.6) is 11.5 Å². The summed E-state index contributed by atoms with van der Waals surface area (Å²) in [5, 5.41) is 14.4. The number of nitrogens with one attached hydrogen (secondary N) is 1. The number of methoxy groups -OCH3 is 2. The Hall–Kier alpha value is -6.55. The lowest BCUT2D eigenvalue weighted by atomic mass is 10.0. The van der Waals surface area contributed by atoms with Crippen LogP contribution in [0.4, 0.5) is 36.7 Å². The molecule has 0 bridgehead atoms. The topological polar surface area (TPSA) is 152 Å². The van der Waals surface area contributed by atoms with Crippen LogP contribution in [-0.4, -0.2) is 78.8 Å². The number of anilines is 4. The number of para-hydroxylation sites is 1. The molecule has 0 unspecified atom stereocenters. The van der Waals surface area contributed by atoms with Gasteiger partial charge in [0.05, 0.1) is 53.5 Å². The minimum absolute atomic E-state index is 0.0617. The van der Waals surface area contributed by atoms with Crippen molar-refractivity contribution in [3.63, 3.8) is 0 Å². The summed E-state index contributed by atoms with van der Waals surface area (Å²) in [5.41, 5.74) is 2.42. The molecule has 0 atom stereocenters. The number of nitro groups is 1. The number of fused-ring (bicyclic) bond motifs is 1. The summed E-state index contributed by atoms with van der Waals surface area (Å²) < 4.78 is 42.2. The van der Waals surface area contributed by atoms with Crippen molar-refractivity contribution < 1.29 is 37.2 Å². The van der Waals surface area contributed by atoms with E-state index in [2.05, 4.69) is 20.3 Å². The molecule has 0 saturated heterocycles. The van der Waals surface area contributed by atoms with Crippen molar-refractivity contribution in [3.8, 4) is 11.5 Å². The number of hydrogen-bond acceptors (Lipinski definition) is 10. The summed E-state index contributed by atoms with van der Waals surface area (Å²) in [6, 6.07) is 16.6. The molecule has 0 fully saturated rings. The first kappa shape index (κ1) is 38.2. The first-order valence-corrected chi connectivity index (χ1v) is 17.2. The Labute approximate surface area is 315 Å². The van der Waals surface area contributed by atoms with Crippen LogP contribution in [0.25, 0.3) is 0 Å². The molecule has 55 heavy (non-hydrogen) atoms. The summed E-state index contributed by atoms with van der Waals surface area (Å²) in [4.78, 5) is 53.4. The van der Waals surface area contributed by atoms with Crippen LogP contribution in [0.3, 0.4) is 0 Å². The van der Waals surface area contributed by atoms with Gasteiger partial charge in [0.2, 0.25) is 5.95 Å². The Morgan fingerprint density at radius 1 is 1.04 bits per heavy atom. The molecule has 2 aliphatic heterocycles. The highest BCUT2D eigenvalue weighted by Gasteiger charge is 2.38. The van der Waals surface area contributed by atoms with Crippen LogP contribution < -0.4 is 24.6 Å². The lowest BCUT2D eigenvalue weighted by Gasteiger charge is -2.36. The number of hydrogen-bond donors (Lipinski definition) is 1. The quantitative estimate of drug-likeness (QED) is 0.0632. The van der Waals surface area contributed by atoms with E-state index in [-0.39, 0.29) is 54.4 Å². The van der Waals surface area contributed by atoms with E-state index in [9.17, 15) is 19.7 Å². The molecule has 3 heterocycles. The number of allylic oxidation sites excluding steroid dienone is 1. The Balaban J connectivity index is 1.24. The summed E-state index contributed by atoms with van der Waals surface area (Å²) in [5.74, 6) is -2.63. The second-order valence-corrected chi connectivity index (χ2v) is 13.6. The number of ketones is 1. The highest BCUT2D eigenvalue weighted by molar-refractivity contribution is 6.06. The average molecular weight is 754 g/mol. The number of nitrogens with zero attached hydrogens (tertiary/aromatic N) is 7. The molecule has 2 aliphatic rings. The maximum absolute atomic E-state index is 15.8. The van der Waals surface area contributed by atoms with E-state index < -0.39 is 28.3 Å². The number of halogens is 2. The molecule has 4 aromatic rings. The predicted octanol–water partition coefficient (Wildman–Crippen LogP) is 6.37. The zero-order chi connectivity index (χ0) is 39.3. The molecular formula is C39H39F2N8O6+. The number of aromatic nitrogens is 2. The fourth-order valence-electron chi connectivity index (χ4n) is 6.42. The second-order valence-electron chi connectivity index (χ2n) is 13.6. The summed E-state index contributed by atoms with van der Waals surface area (Å²) in [6.07, 6.45) is 6.75. The first-order valence-electron chi connectivity index (χ1n) is 17.2. The molecule has 14 nitrogen and oxygen atoms in total. The van der Waals surface area contributed by atoms with Crippen molar-refractivity contribution in [3.05, 3.63) is 129 Å². The monoisotopic (exact) mass is 753 g/mol. The fraction of sp³-hybridized carbons (Fsp3) is 0.256. The normalized spacial score (nSPS) is 14.1. The third-order valence-electron chi connectivity index (χ3n) is 9.01. The van der Waals surface area contributed by atoms with Crippen LogP contribution in [0.2, 0.25) is 0 Å². The predicted molar refractivity (Wildman–Crippen MR) is 202 cm³/mol. The van der Waals surface area contributed by atoms with Crippen LogP contribution >= 0.6 is 0 Å². The number of aliphatic imine (C=N–C) groups is 1. The number of benzene rings is 3. The highest BCUT2D eigenvalue weighted by Crippen LogP contribution is 2.41. The molecule has 16 heteroatoms. The number of likely N-dealkylation sites (N-methyl/N-ethyl adjacent to an activating group) is 1. The molecule has 0 saturated carbocycles. The van der Waals surface area contributed by atoms with Gasteiger partial charge in [-0.3, -0.25) is 14.6 Å². The van der Waals surface area contributed by atoms with Crippen LogP contribution in [0, 0.1) is 21.7 Å². The number of amides is 2. The van der Waals surface area contributed by atoms with E-state index >= 15 is 8.78 Å². The smallest absolute Gasteiger partial charge is 0.368 e. The Kier molecular flexibility index (Phi) is 11.3. The minimum Gasteiger partial charge on any atom is -0.493 e. The van der Waals surface area contributed by atoms with Crippen molar-refractivity contribution in [2.45, 2.75) is 25.9 Å². The lowest BCUT2D eigenvalue weighted by molar-refractivity contribution is -0.880. The van der Waals surface area contributed by atoms with Gasteiger partial charge < -0.3 is 29.4 Å². The third-order valence-corrected chi connectivity index (χ3v) is 9.01. The number of carbonyl (C=O) groups is 2. The number of quaternary nitrogens is 1. The van der Waals surface area contributed by atoms with Gasteiger partial charge in [0.15, 0.2) is 28.9 Å². The number of ether oxygens (including phenoxy) is 2. The van der Waals surface area contributed by atoms with Crippen LogP contribution in [-0.2, 0) is 24.3 Å². The molecule has 1 N–H and O–H groups in total. The maximum atomic E-state index is 15.8.